The largest absolute Gasteiger partial charge is 0.464 e. The predicted molar refractivity (Wildman–Crippen MR) is 111 cm³/mol. The monoisotopic (exact) mass is 444 g/mol. The van der Waals surface area contributed by atoms with Crippen LogP contribution in [0.3, 0.4) is 0 Å². The van der Waals surface area contributed by atoms with Gasteiger partial charge in [0.1, 0.15) is 23.8 Å². The van der Waals surface area contributed by atoms with Crippen molar-refractivity contribution in [3.63, 3.8) is 0 Å². The zero-order valence-electron chi connectivity index (χ0n) is 19.9. The standard InChI is InChI=1S/C21H36N2O8/c1-9-29-17(25)15-11-10-14(23(15)19(27)31-21(5,6)7)12-22(18(26)28-8)13-16(24)30-20(2,3)4/h14-15H,9-13H2,1-8H3/t14-,15+/m0/s1. The molecule has 0 saturated carbocycles. The second-order valence-corrected chi connectivity index (χ2v) is 9.32. The van der Waals surface area contributed by atoms with Crippen LogP contribution in [0.4, 0.5) is 9.59 Å². The van der Waals surface area contributed by atoms with Crippen LogP contribution >= 0.6 is 0 Å². The first-order valence-electron chi connectivity index (χ1n) is 10.4. The van der Waals surface area contributed by atoms with Gasteiger partial charge in [-0.3, -0.25) is 14.6 Å². The minimum Gasteiger partial charge on any atom is -0.464 e. The van der Waals surface area contributed by atoms with Gasteiger partial charge in [-0.2, -0.15) is 0 Å². The van der Waals surface area contributed by atoms with Crippen LogP contribution in [0.15, 0.2) is 0 Å². The highest BCUT2D eigenvalue weighted by Crippen LogP contribution is 2.28. The summed E-state index contributed by atoms with van der Waals surface area (Å²) in [4.78, 5) is 52.3. The molecule has 10 nitrogen and oxygen atoms in total. The molecule has 0 bridgehead atoms. The molecule has 178 valence electrons. The van der Waals surface area contributed by atoms with E-state index in [1.165, 1.54) is 12.0 Å². The van der Waals surface area contributed by atoms with Gasteiger partial charge < -0.3 is 18.9 Å². The van der Waals surface area contributed by atoms with Crippen LogP contribution in [0, 0.1) is 0 Å². The van der Waals surface area contributed by atoms with E-state index in [0.29, 0.717) is 12.8 Å². The molecule has 0 N–H and O–H groups in total. The highest BCUT2D eigenvalue weighted by Gasteiger charge is 2.45. The Kier molecular flexibility index (Phi) is 9.13. The number of esters is 2. The Bertz CT molecular complexity index is 665. The number of methoxy groups -OCH3 is 1. The SMILES string of the molecule is CCOC(=O)[C@H]1CC[C@@H](CN(CC(=O)OC(C)(C)C)C(=O)OC)N1C(=O)OC(C)(C)C. The second-order valence-electron chi connectivity index (χ2n) is 9.32. The van der Waals surface area contributed by atoms with E-state index in [1.807, 2.05) is 0 Å². The molecule has 0 unspecified atom stereocenters. The third kappa shape index (κ3) is 8.63. The number of hydrogen-bond donors (Lipinski definition) is 0. The maximum absolute atomic E-state index is 12.9. The number of likely N-dealkylation sites (tertiary alicyclic amines) is 1. The van der Waals surface area contributed by atoms with E-state index in [1.54, 1.807) is 48.5 Å². The lowest BCUT2D eigenvalue weighted by Gasteiger charge is -2.34. The fraction of sp³-hybridized carbons (Fsp3) is 0.810. The second kappa shape index (κ2) is 10.7. The Balaban J connectivity index is 3.08. The van der Waals surface area contributed by atoms with Crippen molar-refractivity contribution in [1.82, 2.24) is 9.80 Å². The lowest BCUT2D eigenvalue weighted by atomic mass is 10.2. The average molecular weight is 445 g/mol. The third-order valence-electron chi connectivity index (χ3n) is 4.27. The molecule has 0 aromatic rings. The molecule has 1 rings (SSSR count). The third-order valence-corrected chi connectivity index (χ3v) is 4.27. The van der Waals surface area contributed by atoms with E-state index in [2.05, 4.69) is 0 Å². The van der Waals surface area contributed by atoms with Crippen molar-refractivity contribution in [2.24, 2.45) is 0 Å². The van der Waals surface area contributed by atoms with Gasteiger partial charge in [0.05, 0.1) is 19.8 Å². The molecule has 31 heavy (non-hydrogen) atoms. The van der Waals surface area contributed by atoms with E-state index >= 15 is 0 Å². The Hall–Kier alpha value is -2.52. The Morgan fingerprint density at radius 2 is 1.55 bits per heavy atom. The summed E-state index contributed by atoms with van der Waals surface area (Å²) in [5, 5.41) is 0. The number of amides is 2. The number of ether oxygens (including phenoxy) is 4. The van der Waals surface area contributed by atoms with Gasteiger partial charge in [0.2, 0.25) is 0 Å². The van der Waals surface area contributed by atoms with E-state index in [4.69, 9.17) is 18.9 Å². The lowest BCUT2D eigenvalue weighted by molar-refractivity contribution is -0.156. The molecule has 2 amide bonds. The van der Waals surface area contributed by atoms with Gasteiger partial charge in [-0.1, -0.05) is 0 Å². The van der Waals surface area contributed by atoms with Crippen LogP contribution in [0.5, 0.6) is 0 Å². The Labute approximate surface area is 184 Å². The maximum atomic E-state index is 12.9. The van der Waals surface area contributed by atoms with E-state index in [-0.39, 0.29) is 19.7 Å². The molecule has 0 radical (unpaired) electrons. The zero-order valence-corrected chi connectivity index (χ0v) is 19.9. The summed E-state index contributed by atoms with van der Waals surface area (Å²) in [5.74, 6) is -1.14. The molecule has 0 aromatic heterocycles. The van der Waals surface area contributed by atoms with Gasteiger partial charge in [-0.15, -0.1) is 0 Å². The van der Waals surface area contributed by atoms with Gasteiger partial charge in [0.15, 0.2) is 0 Å². The first-order chi connectivity index (χ1) is 14.2. The highest BCUT2D eigenvalue weighted by molar-refractivity contribution is 5.83. The van der Waals surface area contributed by atoms with Gasteiger partial charge >= 0.3 is 24.1 Å². The van der Waals surface area contributed by atoms with E-state index in [9.17, 15) is 19.2 Å². The summed E-state index contributed by atoms with van der Waals surface area (Å²) < 4.78 is 20.7. The van der Waals surface area contributed by atoms with Crippen molar-refractivity contribution in [3.05, 3.63) is 0 Å². The van der Waals surface area contributed by atoms with Crippen LogP contribution < -0.4 is 0 Å². The van der Waals surface area contributed by atoms with E-state index in [0.717, 1.165) is 4.90 Å². The summed E-state index contributed by atoms with van der Waals surface area (Å²) in [7, 11) is 1.20. The molecule has 1 aliphatic heterocycles. The number of carbonyl (C=O) groups excluding carboxylic acids is 4. The summed E-state index contributed by atoms with van der Waals surface area (Å²) >= 11 is 0. The molecular weight excluding hydrogens is 408 g/mol. The molecule has 0 spiro atoms. The predicted octanol–water partition coefficient (Wildman–Crippen LogP) is 2.73. The molecular formula is C21H36N2O8. The fourth-order valence-corrected chi connectivity index (χ4v) is 3.24. The smallest absolute Gasteiger partial charge is 0.411 e. The molecule has 1 heterocycles. The zero-order chi connectivity index (χ0) is 24.0. The number of hydrogen-bond acceptors (Lipinski definition) is 8. The van der Waals surface area contributed by atoms with Crippen LogP contribution in [0.1, 0.15) is 61.3 Å². The molecule has 2 atom stereocenters. The quantitative estimate of drug-likeness (QED) is 0.454. The topological polar surface area (TPSA) is 112 Å². The normalized spacial score (nSPS) is 18.9. The first-order valence-corrected chi connectivity index (χ1v) is 10.4. The van der Waals surface area contributed by atoms with Gasteiger partial charge in [0.25, 0.3) is 0 Å². The van der Waals surface area contributed by atoms with Crippen molar-refractivity contribution in [2.75, 3.05) is 26.8 Å². The van der Waals surface area contributed by atoms with Crippen LogP contribution in [0.2, 0.25) is 0 Å². The van der Waals surface area contributed by atoms with Crippen molar-refractivity contribution >= 4 is 24.1 Å². The maximum Gasteiger partial charge on any atom is 0.411 e. The van der Waals surface area contributed by atoms with Gasteiger partial charge in [0, 0.05) is 6.54 Å². The van der Waals surface area contributed by atoms with Crippen molar-refractivity contribution in [2.45, 2.75) is 84.6 Å². The number of nitrogens with zero attached hydrogens (tertiary/aromatic N) is 2. The van der Waals surface area contributed by atoms with E-state index < -0.39 is 47.4 Å². The van der Waals surface area contributed by atoms with Crippen LogP contribution in [0.25, 0.3) is 0 Å². The van der Waals surface area contributed by atoms with Crippen LogP contribution in [-0.2, 0) is 28.5 Å². The first kappa shape index (κ1) is 26.5. The van der Waals surface area contributed by atoms with Crippen molar-refractivity contribution in [1.29, 1.82) is 0 Å². The Morgan fingerprint density at radius 3 is 2.03 bits per heavy atom. The lowest BCUT2D eigenvalue weighted by Crippen LogP contribution is -2.52. The average Bonchev–Trinajstić information content (AvgIpc) is 3.01. The molecule has 1 aliphatic rings. The minimum atomic E-state index is -0.833. The highest BCUT2D eigenvalue weighted by atomic mass is 16.6. The van der Waals surface area contributed by atoms with Gasteiger partial charge in [-0.05, 0) is 61.3 Å². The molecule has 0 aliphatic carbocycles. The van der Waals surface area contributed by atoms with Crippen LogP contribution in [-0.4, -0.2) is 84.0 Å². The number of carbonyl (C=O) groups is 4. The minimum absolute atomic E-state index is 0.0267. The number of rotatable bonds is 6. The molecule has 1 fully saturated rings. The van der Waals surface area contributed by atoms with Gasteiger partial charge in [-0.25, -0.2) is 14.4 Å². The van der Waals surface area contributed by atoms with Crippen molar-refractivity contribution in [3.8, 4) is 0 Å². The Morgan fingerprint density at radius 1 is 0.968 bits per heavy atom. The molecule has 0 aromatic carbocycles. The molecule has 1 saturated heterocycles. The fourth-order valence-electron chi connectivity index (χ4n) is 3.24. The summed E-state index contributed by atoms with van der Waals surface area (Å²) in [6.45, 7) is 11.8. The summed E-state index contributed by atoms with van der Waals surface area (Å²) in [6.07, 6.45) is -0.654. The molecule has 10 heteroatoms. The summed E-state index contributed by atoms with van der Waals surface area (Å²) in [6, 6.07) is -1.40. The van der Waals surface area contributed by atoms with Crippen molar-refractivity contribution < 1.29 is 38.1 Å². The summed E-state index contributed by atoms with van der Waals surface area (Å²) in [5.41, 5.74) is -1.49.